The number of carbonyl (C=O) groups excluding carboxylic acids is 1. The lowest BCUT2D eigenvalue weighted by atomic mass is 10.2. The molecule has 2 atom stereocenters. The molecule has 0 saturated carbocycles. The van der Waals surface area contributed by atoms with Crippen molar-refractivity contribution in [2.24, 2.45) is 0 Å². The van der Waals surface area contributed by atoms with Crippen molar-refractivity contribution in [2.45, 2.75) is 31.7 Å². The highest BCUT2D eigenvalue weighted by atomic mass is 35.5. The molecule has 2 unspecified atom stereocenters. The number of esters is 1. The van der Waals surface area contributed by atoms with E-state index in [1.807, 2.05) is 0 Å². The summed E-state index contributed by atoms with van der Waals surface area (Å²) in [7, 11) is 0. The van der Waals surface area contributed by atoms with E-state index in [1.54, 1.807) is 6.92 Å². The zero-order valence-electron chi connectivity index (χ0n) is 6.91. The van der Waals surface area contributed by atoms with Gasteiger partial charge in [0.25, 0.3) is 0 Å². The Balaban J connectivity index is 4.22. The Morgan fingerprint density at radius 2 is 2.08 bits per heavy atom. The summed E-state index contributed by atoms with van der Waals surface area (Å²) in [6.45, 7) is 2.87. The highest BCUT2D eigenvalue weighted by Gasteiger charge is 2.27. The number of aliphatic carboxylic acids is 1. The Hall–Kier alpha value is -0.770. The minimum absolute atomic E-state index is 0.436. The van der Waals surface area contributed by atoms with E-state index in [0.717, 1.165) is 6.92 Å². The number of carbonyl (C=O) groups is 2. The van der Waals surface area contributed by atoms with E-state index in [1.165, 1.54) is 0 Å². The molecule has 0 heterocycles. The van der Waals surface area contributed by atoms with Crippen molar-refractivity contribution >= 4 is 23.5 Å². The van der Waals surface area contributed by atoms with E-state index < -0.39 is 23.4 Å². The molecule has 0 aliphatic rings. The quantitative estimate of drug-likeness (QED) is 0.536. The number of carboxylic acids is 1. The molecule has 0 aromatic rings. The molecule has 70 valence electrons. The molecule has 0 bridgehead atoms. The lowest BCUT2D eigenvalue weighted by Gasteiger charge is -2.15. The monoisotopic (exact) mass is 194 g/mol. The molecule has 0 aliphatic heterocycles. The average Bonchev–Trinajstić information content (AvgIpc) is 1.98. The van der Waals surface area contributed by atoms with Gasteiger partial charge in [-0.25, -0.2) is 4.79 Å². The molecule has 4 nitrogen and oxygen atoms in total. The molecular weight excluding hydrogens is 184 g/mol. The molecule has 0 aromatic heterocycles. The number of carboxylic acid groups (broad SMARTS) is 1. The Morgan fingerprint density at radius 1 is 1.58 bits per heavy atom. The number of ether oxygens (including phenoxy) is 1. The summed E-state index contributed by atoms with van der Waals surface area (Å²) >= 11 is 5.61. The van der Waals surface area contributed by atoms with Gasteiger partial charge in [-0.05, 0) is 6.42 Å². The maximum atomic E-state index is 10.5. The van der Waals surface area contributed by atoms with Crippen molar-refractivity contribution in [1.29, 1.82) is 0 Å². The predicted molar refractivity (Wildman–Crippen MR) is 43.1 cm³/mol. The molecule has 0 rings (SSSR count). The normalized spacial score (nSPS) is 14.9. The third-order valence-electron chi connectivity index (χ3n) is 1.25. The summed E-state index contributed by atoms with van der Waals surface area (Å²) in [6, 6.07) is 0. The molecule has 0 fully saturated rings. The number of hydrogen-bond acceptors (Lipinski definition) is 3. The van der Waals surface area contributed by atoms with Crippen LogP contribution in [0.25, 0.3) is 0 Å². The Morgan fingerprint density at radius 3 is 2.33 bits per heavy atom. The van der Waals surface area contributed by atoms with Gasteiger partial charge >= 0.3 is 11.9 Å². The second kappa shape index (κ2) is 4.98. The average molecular weight is 195 g/mol. The van der Waals surface area contributed by atoms with E-state index in [0.29, 0.717) is 6.42 Å². The van der Waals surface area contributed by atoms with E-state index in [-0.39, 0.29) is 0 Å². The Labute approximate surface area is 75.5 Å². The van der Waals surface area contributed by atoms with Crippen LogP contribution in [0.4, 0.5) is 0 Å². The Bertz CT molecular complexity index is 180. The molecular formula is C7H11ClO4. The third kappa shape index (κ3) is 3.57. The van der Waals surface area contributed by atoms with Gasteiger partial charge in [0.05, 0.1) is 5.38 Å². The molecule has 0 spiro atoms. The smallest absolute Gasteiger partial charge is 0.346 e. The predicted octanol–water partition coefficient (Wildman–Crippen LogP) is 1.02. The summed E-state index contributed by atoms with van der Waals surface area (Å²) < 4.78 is 4.49. The summed E-state index contributed by atoms with van der Waals surface area (Å²) in [4.78, 5) is 20.9. The number of alkyl halides is 1. The second-order valence-electron chi connectivity index (χ2n) is 2.29. The van der Waals surface area contributed by atoms with Crippen LogP contribution in [0.3, 0.4) is 0 Å². The third-order valence-corrected chi connectivity index (χ3v) is 1.79. The van der Waals surface area contributed by atoms with Gasteiger partial charge in [-0.2, -0.15) is 0 Å². The van der Waals surface area contributed by atoms with Crippen LogP contribution in [-0.4, -0.2) is 28.5 Å². The van der Waals surface area contributed by atoms with Crippen molar-refractivity contribution in [2.75, 3.05) is 0 Å². The van der Waals surface area contributed by atoms with Crippen LogP contribution in [0.2, 0.25) is 0 Å². The van der Waals surface area contributed by atoms with Gasteiger partial charge in [0, 0.05) is 6.92 Å². The first kappa shape index (κ1) is 11.2. The van der Waals surface area contributed by atoms with Crippen LogP contribution in [0.1, 0.15) is 20.3 Å². The fraction of sp³-hybridized carbons (Fsp3) is 0.714. The maximum Gasteiger partial charge on any atom is 0.346 e. The SMILES string of the molecule is CCC(Cl)C(OC(C)=O)C(=O)O. The molecule has 0 aliphatic carbocycles. The summed E-state index contributed by atoms with van der Waals surface area (Å²) in [5.41, 5.74) is 0. The van der Waals surface area contributed by atoms with Gasteiger partial charge in [0.15, 0.2) is 0 Å². The summed E-state index contributed by atoms with van der Waals surface area (Å²) in [6.07, 6.45) is -0.805. The molecule has 1 N–H and O–H groups in total. The van der Waals surface area contributed by atoms with Gasteiger partial charge in [0.1, 0.15) is 0 Å². The zero-order valence-corrected chi connectivity index (χ0v) is 7.67. The van der Waals surface area contributed by atoms with Crippen LogP contribution >= 0.6 is 11.6 Å². The van der Waals surface area contributed by atoms with Gasteiger partial charge in [-0.3, -0.25) is 4.79 Å². The largest absolute Gasteiger partial charge is 0.478 e. The lowest BCUT2D eigenvalue weighted by Crippen LogP contribution is -2.34. The standard InChI is InChI=1S/C7H11ClO4/c1-3-5(8)6(7(10)11)12-4(2)9/h5-6H,3H2,1-2H3,(H,10,11). The molecule has 0 radical (unpaired) electrons. The first-order valence-corrected chi connectivity index (χ1v) is 3.96. The molecule has 0 amide bonds. The van der Waals surface area contributed by atoms with E-state index in [4.69, 9.17) is 16.7 Å². The minimum atomic E-state index is -1.24. The van der Waals surface area contributed by atoms with Crippen molar-refractivity contribution in [3.05, 3.63) is 0 Å². The number of rotatable bonds is 4. The van der Waals surface area contributed by atoms with Gasteiger partial charge in [0.2, 0.25) is 6.10 Å². The van der Waals surface area contributed by atoms with E-state index >= 15 is 0 Å². The fourth-order valence-corrected chi connectivity index (χ4v) is 0.831. The fourth-order valence-electron chi connectivity index (χ4n) is 0.672. The van der Waals surface area contributed by atoms with Crippen LogP contribution in [-0.2, 0) is 14.3 Å². The molecule has 0 aromatic carbocycles. The molecule has 0 saturated heterocycles. The van der Waals surface area contributed by atoms with Crippen molar-refractivity contribution in [1.82, 2.24) is 0 Å². The Kier molecular flexibility index (Phi) is 4.66. The summed E-state index contributed by atoms with van der Waals surface area (Å²) in [5.74, 6) is -1.85. The van der Waals surface area contributed by atoms with E-state index in [9.17, 15) is 9.59 Å². The highest BCUT2D eigenvalue weighted by molar-refractivity contribution is 6.22. The number of halogens is 1. The number of hydrogen-bond donors (Lipinski definition) is 1. The summed E-state index contributed by atoms with van der Waals surface area (Å²) in [5, 5.41) is 7.89. The first-order chi connectivity index (χ1) is 5.49. The lowest BCUT2D eigenvalue weighted by molar-refractivity contribution is -0.162. The van der Waals surface area contributed by atoms with Gasteiger partial charge < -0.3 is 9.84 Å². The topological polar surface area (TPSA) is 63.6 Å². The van der Waals surface area contributed by atoms with Crippen LogP contribution < -0.4 is 0 Å². The van der Waals surface area contributed by atoms with Crippen LogP contribution in [0.5, 0.6) is 0 Å². The van der Waals surface area contributed by atoms with E-state index in [2.05, 4.69) is 4.74 Å². The molecule has 12 heavy (non-hydrogen) atoms. The second-order valence-corrected chi connectivity index (χ2v) is 2.85. The van der Waals surface area contributed by atoms with Crippen molar-refractivity contribution in [3.63, 3.8) is 0 Å². The van der Waals surface area contributed by atoms with Gasteiger partial charge in [-0.15, -0.1) is 11.6 Å². The van der Waals surface area contributed by atoms with Crippen molar-refractivity contribution in [3.8, 4) is 0 Å². The zero-order chi connectivity index (χ0) is 9.72. The van der Waals surface area contributed by atoms with Crippen molar-refractivity contribution < 1.29 is 19.4 Å². The highest BCUT2D eigenvalue weighted by Crippen LogP contribution is 2.11. The van der Waals surface area contributed by atoms with Crippen LogP contribution in [0.15, 0.2) is 0 Å². The van der Waals surface area contributed by atoms with Crippen LogP contribution in [0, 0.1) is 0 Å². The molecule has 5 heteroatoms. The maximum absolute atomic E-state index is 10.5. The minimum Gasteiger partial charge on any atom is -0.478 e. The van der Waals surface area contributed by atoms with Gasteiger partial charge in [-0.1, -0.05) is 6.92 Å². The first-order valence-electron chi connectivity index (χ1n) is 3.53.